The molecule has 1 atom stereocenters. The number of nitrogens with zero attached hydrogens (tertiary/aromatic N) is 2. The molecule has 0 N–H and O–H groups in total. The Morgan fingerprint density at radius 3 is 2.69 bits per heavy atom. The van der Waals surface area contributed by atoms with Crippen LogP contribution >= 0.6 is 0 Å². The first-order valence-electron chi connectivity index (χ1n) is 4.16. The van der Waals surface area contributed by atoms with Crippen LogP contribution in [-0.4, -0.2) is 27.4 Å². The van der Waals surface area contributed by atoms with Crippen LogP contribution in [0.3, 0.4) is 0 Å². The quantitative estimate of drug-likeness (QED) is 0.630. The summed E-state index contributed by atoms with van der Waals surface area (Å²) in [4.78, 5) is 4.02. The van der Waals surface area contributed by atoms with Gasteiger partial charge in [-0.1, -0.05) is 0 Å². The maximum Gasteiger partial charge on any atom is 0.145 e. The van der Waals surface area contributed by atoms with E-state index in [-0.39, 0.29) is 4.75 Å². The molecule has 0 aromatic heterocycles. The Kier molecular flexibility index (Phi) is 3.14. The van der Waals surface area contributed by atoms with Gasteiger partial charge in [-0.2, -0.15) is 4.40 Å². The van der Waals surface area contributed by atoms with Crippen LogP contribution in [0.5, 0.6) is 0 Å². The molecule has 0 spiro atoms. The van der Waals surface area contributed by atoms with E-state index in [1.54, 1.807) is 6.21 Å². The SMILES string of the molecule is CC(C)(C)S(=O)N=C1C=CC=NC1. The maximum atomic E-state index is 11.6. The molecule has 1 aliphatic rings. The van der Waals surface area contributed by atoms with Gasteiger partial charge in [0.15, 0.2) is 0 Å². The van der Waals surface area contributed by atoms with Crippen LogP contribution < -0.4 is 0 Å². The Balaban J connectivity index is 2.72. The molecule has 13 heavy (non-hydrogen) atoms. The third-order valence-electron chi connectivity index (χ3n) is 1.46. The average molecular weight is 198 g/mol. The van der Waals surface area contributed by atoms with Crippen molar-refractivity contribution in [1.29, 1.82) is 0 Å². The Morgan fingerprint density at radius 1 is 1.54 bits per heavy atom. The fraction of sp³-hybridized carbons (Fsp3) is 0.556. The summed E-state index contributed by atoms with van der Waals surface area (Å²) >= 11 is 0. The van der Waals surface area contributed by atoms with E-state index in [1.807, 2.05) is 32.9 Å². The van der Waals surface area contributed by atoms with Gasteiger partial charge in [0, 0.05) is 6.21 Å². The minimum absolute atomic E-state index is 0.290. The number of hydrogen-bond acceptors (Lipinski definition) is 2. The summed E-state index contributed by atoms with van der Waals surface area (Å²) in [5.74, 6) is 0. The standard InChI is InChI=1S/C9H14N2OS/c1-9(2,3)13(12)11-8-5-4-6-10-7-8/h4-6H,7H2,1-3H3. The highest BCUT2D eigenvalue weighted by Crippen LogP contribution is 2.12. The van der Waals surface area contributed by atoms with Crippen LogP contribution in [0.2, 0.25) is 0 Å². The topological polar surface area (TPSA) is 41.8 Å². The van der Waals surface area contributed by atoms with E-state index < -0.39 is 11.0 Å². The summed E-state index contributed by atoms with van der Waals surface area (Å²) in [6, 6.07) is 0. The second-order valence-corrected chi connectivity index (χ2v) is 5.70. The van der Waals surface area contributed by atoms with E-state index in [1.165, 1.54) is 0 Å². The molecule has 0 bridgehead atoms. The van der Waals surface area contributed by atoms with E-state index in [4.69, 9.17) is 0 Å². The third-order valence-corrected chi connectivity index (χ3v) is 2.91. The lowest BCUT2D eigenvalue weighted by atomic mass is 10.3. The van der Waals surface area contributed by atoms with Gasteiger partial charge in [-0.05, 0) is 32.9 Å². The molecular formula is C9H14N2OS. The van der Waals surface area contributed by atoms with E-state index >= 15 is 0 Å². The third kappa shape index (κ3) is 3.22. The largest absolute Gasteiger partial charge is 0.287 e. The summed E-state index contributed by atoms with van der Waals surface area (Å²) in [5.41, 5.74) is 0.788. The maximum absolute atomic E-state index is 11.6. The van der Waals surface area contributed by atoms with Crippen molar-refractivity contribution in [3.05, 3.63) is 12.2 Å². The summed E-state index contributed by atoms with van der Waals surface area (Å²) in [6.07, 6.45) is 5.37. The van der Waals surface area contributed by atoms with Crippen molar-refractivity contribution in [3.8, 4) is 0 Å². The van der Waals surface area contributed by atoms with Crippen molar-refractivity contribution < 1.29 is 4.21 Å². The Labute approximate surface area is 81.3 Å². The number of dihydropyridines is 1. The molecule has 0 amide bonds. The van der Waals surface area contributed by atoms with Crippen molar-refractivity contribution >= 4 is 22.9 Å². The molecule has 1 aliphatic heterocycles. The Hall–Kier alpha value is -0.770. The molecule has 0 radical (unpaired) electrons. The molecule has 0 aliphatic carbocycles. The van der Waals surface area contributed by atoms with Crippen molar-refractivity contribution in [3.63, 3.8) is 0 Å². The van der Waals surface area contributed by atoms with E-state index in [2.05, 4.69) is 9.39 Å². The Morgan fingerprint density at radius 2 is 2.23 bits per heavy atom. The lowest BCUT2D eigenvalue weighted by Crippen LogP contribution is -2.21. The van der Waals surface area contributed by atoms with Gasteiger partial charge in [-0.15, -0.1) is 0 Å². The summed E-state index contributed by atoms with van der Waals surface area (Å²) in [5, 5.41) is 0. The first-order valence-corrected chi connectivity index (χ1v) is 5.27. The van der Waals surface area contributed by atoms with Gasteiger partial charge in [0.25, 0.3) is 0 Å². The molecule has 1 unspecified atom stereocenters. The van der Waals surface area contributed by atoms with Gasteiger partial charge >= 0.3 is 0 Å². The lowest BCUT2D eigenvalue weighted by molar-refractivity contribution is 0.650. The highest BCUT2D eigenvalue weighted by atomic mass is 32.2. The van der Waals surface area contributed by atoms with Gasteiger partial charge in [0.1, 0.15) is 11.0 Å². The van der Waals surface area contributed by atoms with Crippen molar-refractivity contribution in [2.75, 3.05) is 6.54 Å². The molecule has 1 heterocycles. The molecular weight excluding hydrogens is 184 g/mol. The van der Waals surface area contributed by atoms with Crippen LogP contribution in [-0.2, 0) is 11.0 Å². The predicted octanol–water partition coefficient (Wildman–Crippen LogP) is 1.53. The zero-order valence-electron chi connectivity index (χ0n) is 8.15. The van der Waals surface area contributed by atoms with Crippen LogP contribution in [0.4, 0.5) is 0 Å². The van der Waals surface area contributed by atoms with Crippen LogP contribution in [0, 0.1) is 0 Å². The molecule has 0 aromatic carbocycles. The highest BCUT2D eigenvalue weighted by Gasteiger charge is 2.19. The molecule has 0 saturated carbocycles. The molecule has 1 rings (SSSR count). The number of rotatable bonds is 1. The number of aliphatic imine (C=N–C) groups is 1. The minimum atomic E-state index is -1.17. The first-order chi connectivity index (χ1) is 6.00. The summed E-state index contributed by atoms with van der Waals surface area (Å²) in [6.45, 7) is 6.26. The summed E-state index contributed by atoms with van der Waals surface area (Å²) in [7, 11) is -1.17. The van der Waals surface area contributed by atoms with Crippen LogP contribution in [0.15, 0.2) is 21.5 Å². The second kappa shape index (κ2) is 3.96. The molecule has 0 saturated heterocycles. The second-order valence-electron chi connectivity index (χ2n) is 3.79. The zero-order valence-corrected chi connectivity index (χ0v) is 8.97. The van der Waals surface area contributed by atoms with Gasteiger partial charge < -0.3 is 0 Å². The smallest absolute Gasteiger partial charge is 0.145 e. The predicted molar refractivity (Wildman–Crippen MR) is 57.8 cm³/mol. The molecule has 72 valence electrons. The van der Waals surface area contributed by atoms with Gasteiger partial charge in [-0.3, -0.25) is 4.99 Å². The van der Waals surface area contributed by atoms with Gasteiger partial charge in [0.05, 0.1) is 17.0 Å². The fourth-order valence-electron chi connectivity index (χ4n) is 0.717. The normalized spacial score (nSPS) is 22.2. The van der Waals surface area contributed by atoms with Crippen molar-refractivity contribution in [2.24, 2.45) is 9.39 Å². The van der Waals surface area contributed by atoms with Crippen LogP contribution in [0.25, 0.3) is 0 Å². The fourth-order valence-corrected chi connectivity index (χ4v) is 1.32. The molecule has 3 nitrogen and oxygen atoms in total. The molecule has 4 heteroatoms. The molecule has 0 fully saturated rings. The monoisotopic (exact) mass is 198 g/mol. The van der Waals surface area contributed by atoms with Crippen molar-refractivity contribution in [1.82, 2.24) is 0 Å². The highest BCUT2D eigenvalue weighted by molar-refractivity contribution is 7.85. The van der Waals surface area contributed by atoms with E-state index in [0.29, 0.717) is 6.54 Å². The van der Waals surface area contributed by atoms with E-state index in [9.17, 15) is 4.21 Å². The summed E-state index contributed by atoms with van der Waals surface area (Å²) < 4.78 is 15.4. The minimum Gasteiger partial charge on any atom is -0.287 e. The van der Waals surface area contributed by atoms with Crippen LogP contribution in [0.1, 0.15) is 20.8 Å². The Bertz CT molecular complexity index is 297. The number of hydrogen-bond donors (Lipinski definition) is 0. The zero-order chi connectivity index (χ0) is 9.90. The average Bonchev–Trinajstić information content (AvgIpc) is 2.04. The first kappa shape index (κ1) is 10.3. The lowest BCUT2D eigenvalue weighted by Gasteiger charge is -2.14. The van der Waals surface area contributed by atoms with Gasteiger partial charge in [-0.25, -0.2) is 4.21 Å². The number of allylic oxidation sites excluding steroid dienone is 1. The van der Waals surface area contributed by atoms with E-state index in [0.717, 1.165) is 5.71 Å². The van der Waals surface area contributed by atoms with Gasteiger partial charge in [0.2, 0.25) is 0 Å². The molecule has 0 aromatic rings. The van der Waals surface area contributed by atoms with Crippen molar-refractivity contribution in [2.45, 2.75) is 25.5 Å².